The number of hydrogen-bond acceptors (Lipinski definition) is 3. The first kappa shape index (κ1) is 16.0. The van der Waals surface area contributed by atoms with Crippen molar-refractivity contribution in [3.05, 3.63) is 35.6 Å². The molecule has 1 aliphatic heterocycles. The zero-order valence-electron chi connectivity index (χ0n) is 12.4. The highest BCUT2D eigenvalue weighted by Crippen LogP contribution is 2.19. The molecular weight excluding hydrogens is 285 g/mol. The van der Waals surface area contributed by atoms with Crippen LogP contribution in [0.1, 0.15) is 37.8 Å². The highest BCUT2D eigenvalue weighted by molar-refractivity contribution is 5.88. The van der Waals surface area contributed by atoms with Crippen molar-refractivity contribution in [3.63, 3.8) is 0 Å². The van der Waals surface area contributed by atoms with Gasteiger partial charge in [0, 0.05) is 18.5 Å². The van der Waals surface area contributed by atoms with Crippen LogP contribution in [0.5, 0.6) is 0 Å². The number of halogens is 1. The molecule has 0 unspecified atom stereocenters. The summed E-state index contributed by atoms with van der Waals surface area (Å²) in [6.07, 6.45) is 1.63. The van der Waals surface area contributed by atoms with Crippen LogP contribution >= 0.6 is 0 Å². The van der Waals surface area contributed by atoms with Crippen molar-refractivity contribution < 1.29 is 14.0 Å². The van der Waals surface area contributed by atoms with Gasteiger partial charge in [0.25, 0.3) is 0 Å². The van der Waals surface area contributed by atoms with Gasteiger partial charge in [0.15, 0.2) is 0 Å². The predicted molar refractivity (Wildman–Crippen MR) is 77.9 cm³/mol. The molecular formula is C16H18FN3O2. The van der Waals surface area contributed by atoms with Gasteiger partial charge in [-0.25, -0.2) is 4.39 Å². The number of carbonyl (C=O) groups excluding carboxylic acids is 2. The second-order valence-corrected chi connectivity index (χ2v) is 5.21. The Bertz CT molecular complexity index is 612. The van der Waals surface area contributed by atoms with Gasteiger partial charge in [-0.3, -0.25) is 9.59 Å². The molecule has 0 spiro atoms. The number of benzene rings is 1. The topological polar surface area (TPSA) is 73.2 Å². The fraction of sp³-hybridized carbons (Fsp3) is 0.438. The van der Waals surface area contributed by atoms with Crippen molar-refractivity contribution in [2.75, 3.05) is 6.54 Å². The normalized spacial score (nSPS) is 17.0. The van der Waals surface area contributed by atoms with E-state index in [1.165, 1.54) is 23.1 Å². The van der Waals surface area contributed by atoms with Crippen molar-refractivity contribution in [2.45, 2.75) is 38.3 Å². The molecule has 1 aromatic rings. The number of nitrogens with one attached hydrogen (secondary N) is 1. The van der Waals surface area contributed by atoms with Crippen LogP contribution in [0.2, 0.25) is 0 Å². The highest BCUT2D eigenvalue weighted by Gasteiger charge is 2.32. The molecule has 2 atom stereocenters. The van der Waals surface area contributed by atoms with Crippen LogP contribution in [0.3, 0.4) is 0 Å². The van der Waals surface area contributed by atoms with E-state index in [-0.39, 0.29) is 11.5 Å². The zero-order valence-corrected chi connectivity index (χ0v) is 12.4. The minimum Gasteiger partial charge on any atom is -0.335 e. The van der Waals surface area contributed by atoms with Crippen molar-refractivity contribution in [3.8, 4) is 6.07 Å². The van der Waals surface area contributed by atoms with Gasteiger partial charge < -0.3 is 10.2 Å². The largest absolute Gasteiger partial charge is 0.335 e. The van der Waals surface area contributed by atoms with Crippen LogP contribution in [-0.2, 0) is 9.59 Å². The van der Waals surface area contributed by atoms with Crippen LogP contribution in [0, 0.1) is 17.1 Å². The first-order valence-corrected chi connectivity index (χ1v) is 7.32. The third kappa shape index (κ3) is 3.25. The summed E-state index contributed by atoms with van der Waals surface area (Å²) in [4.78, 5) is 25.7. The van der Waals surface area contributed by atoms with Gasteiger partial charge in [-0.2, -0.15) is 5.26 Å². The monoisotopic (exact) mass is 303 g/mol. The summed E-state index contributed by atoms with van der Waals surface area (Å²) in [5.74, 6) is -1.02. The number of carbonyl (C=O) groups is 2. The molecule has 1 heterocycles. The molecule has 22 heavy (non-hydrogen) atoms. The smallest absolute Gasteiger partial charge is 0.244 e. The van der Waals surface area contributed by atoms with Crippen LogP contribution in [0.25, 0.3) is 0 Å². The zero-order chi connectivity index (χ0) is 16.1. The number of nitriles is 1. The maximum absolute atomic E-state index is 13.8. The number of rotatable bonds is 5. The number of amides is 2. The predicted octanol–water partition coefficient (Wildman–Crippen LogP) is 1.91. The maximum atomic E-state index is 13.8. The molecule has 1 aliphatic rings. The Labute approximate surface area is 128 Å². The fourth-order valence-electron chi connectivity index (χ4n) is 2.67. The highest BCUT2D eigenvalue weighted by atomic mass is 19.1. The Hall–Kier alpha value is -2.42. The van der Waals surface area contributed by atoms with Gasteiger partial charge >= 0.3 is 0 Å². The number of nitrogens with zero attached hydrogens (tertiary/aromatic N) is 2. The standard InChI is InChI=1S/C16H18FN3O2/c1-2-14(20-9-5-8-15(20)21)16(22)19-13(10-18)11-6-3-4-7-12(11)17/h3-4,6-7,13-14H,2,5,8-9H2,1H3,(H,19,22)/t13-,14-/m0/s1. The molecule has 1 saturated heterocycles. The molecule has 2 rings (SSSR count). The lowest BCUT2D eigenvalue weighted by atomic mass is 10.1. The lowest BCUT2D eigenvalue weighted by Gasteiger charge is -2.26. The van der Waals surface area contributed by atoms with E-state index in [9.17, 15) is 19.2 Å². The Morgan fingerprint density at radius 1 is 1.50 bits per heavy atom. The second kappa shape index (κ2) is 7.03. The molecule has 0 radical (unpaired) electrons. The van der Waals surface area contributed by atoms with Gasteiger partial charge in [0.2, 0.25) is 11.8 Å². The summed E-state index contributed by atoms with van der Waals surface area (Å²) in [6.45, 7) is 2.35. The van der Waals surface area contributed by atoms with E-state index in [0.29, 0.717) is 19.4 Å². The van der Waals surface area contributed by atoms with E-state index in [0.717, 1.165) is 6.42 Å². The molecule has 2 amide bonds. The maximum Gasteiger partial charge on any atom is 0.244 e. The summed E-state index contributed by atoms with van der Waals surface area (Å²) in [5.41, 5.74) is 0.126. The molecule has 0 saturated carbocycles. The van der Waals surface area contributed by atoms with Crippen molar-refractivity contribution in [1.82, 2.24) is 10.2 Å². The molecule has 0 aromatic heterocycles. The van der Waals surface area contributed by atoms with Gasteiger partial charge in [-0.05, 0) is 18.9 Å². The molecule has 116 valence electrons. The average Bonchev–Trinajstić information content (AvgIpc) is 2.92. The van der Waals surface area contributed by atoms with Crippen molar-refractivity contribution >= 4 is 11.8 Å². The Morgan fingerprint density at radius 2 is 2.23 bits per heavy atom. The first-order valence-electron chi connectivity index (χ1n) is 7.32. The van der Waals surface area contributed by atoms with Gasteiger partial charge in [-0.1, -0.05) is 25.1 Å². The SMILES string of the molecule is CC[C@@H](C(=O)N[C@@H](C#N)c1ccccc1F)N1CCCC1=O. The minimum absolute atomic E-state index is 0.0543. The molecule has 1 aromatic carbocycles. The lowest BCUT2D eigenvalue weighted by molar-refractivity contribution is -0.137. The fourth-order valence-corrected chi connectivity index (χ4v) is 2.67. The van der Waals surface area contributed by atoms with Gasteiger partial charge in [-0.15, -0.1) is 0 Å². The molecule has 6 heteroatoms. The van der Waals surface area contributed by atoms with Crippen LogP contribution in [0.4, 0.5) is 4.39 Å². The number of likely N-dealkylation sites (tertiary alicyclic amines) is 1. The molecule has 5 nitrogen and oxygen atoms in total. The molecule has 1 N–H and O–H groups in total. The molecule has 1 fully saturated rings. The first-order chi connectivity index (χ1) is 10.6. The number of hydrogen-bond donors (Lipinski definition) is 1. The summed E-state index contributed by atoms with van der Waals surface area (Å²) in [6, 6.07) is 6.05. The molecule has 0 bridgehead atoms. The van der Waals surface area contributed by atoms with Gasteiger partial charge in [0.05, 0.1) is 6.07 Å². The van der Waals surface area contributed by atoms with E-state index >= 15 is 0 Å². The van der Waals surface area contributed by atoms with Crippen molar-refractivity contribution in [1.29, 1.82) is 5.26 Å². The summed E-state index contributed by atoms with van der Waals surface area (Å²) in [5, 5.41) is 11.8. The van der Waals surface area contributed by atoms with E-state index in [2.05, 4.69) is 5.32 Å². The quantitative estimate of drug-likeness (QED) is 0.903. The second-order valence-electron chi connectivity index (χ2n) is 5.21. The third-order valence-corrected chi connectivity index (χ3v) is 3.81. The summed E-state index contributed by atoms with van der Waals surface area (Å²) in [7, 11) is 0. The Balaban J connectivity index is 2.13. The minimum atomic E-state index is -1.07. The van der Waals surface area contributed by atoms with Crippen LogP contribution in [0.15, 0.2) is 24.3 Å². The van der Waals surface area contributed by atoms with Gasteiger partial charge in [0.1, 0.15) is 17.9 Å². The van der Waals surface area contributed by atoms with Crippen LogP contribution < -0.4 is 5.32 Å². The van der Waals surface area contributed by atoms with E-state index in [1.807, 2.05) is 6.07 Å². The Morgan fingerprint density at radius 3 is 2.77 bits per heavy atom. The summed E-state index contributed by atoms with van der Waals surface area (Å²) >= 11 is 0. The summed E-state index contributed by atoms with van der Waals surface area (Å²) < 4.78 is 13.8. The van der Waals surface area contributed by atoms with Crippen molar-refractivity contribution in [2.24, 2.45) is 0 Å². The lowest BCUT2D eigenvalue weighted by Crippen LogP contribution is -2.48. The third-order valence-electron chi connectivity index (χ3n) is 3.81. The van der Waals surface area contributed by atoms with E-state index in [1.54, 1.807) is 13.0 Å². The van der Waals surface area contributed by atoms with E-state index in [4.69, 9.17) is 0 Å². The van der Waals surface area contributed by atoms with Crippen LogP contribution in [-0.4, -0.2) is 29.3 Å². The average molecular weight is 303 g/mol. The van der Waals surface area contributed by atoms with E-state index < -0.39 is 23.8 Å². The Kier molecular flexibility index (Phi) is 5.10. The molecule has 0 aliphatic carbocycles.